The number of nitrogens with two attached hydrogens (primary N) is 1. The van der Waals surface area contributed by atoms with Gasteiger partial charge in [0.25, 0.3) is 0 Å². The quantitative estimate of drug-likeness (QED) is 0.643. The van der Waals surface area contributed by atoms with Gasteiger partial charge in [-0.15, -0.1) is 11.8 Å². The number of aryl methyl sites for hydroxylation is 1. The van der Waals surface area contributed by atoms with Gasteiger partial charge in [-0.1, -0.05) is 0 Å². The summed E-state index contributed by atoms with van der Waals surface area (Å²) in [7, 11) is 0. The van der Waals surface area contributed by atoms with Crippen LogP contribution in [0.5, 0.6) is 0 Å². The normalized spacial score (nSPS) is 14.7. The van der Waals surface area contributed by atoms with Crippen LogP contribution in [0.3, 0.4) is 0 Å². The highest BCUT2D eigenvalue weighted by atomic mass is 32.2. The first-order valence-corrected chi connectivity index (χ1v) is 5.82. The van der Waals surface area contributed by atoms with Gasteiger partial charge in [0.1, 0.15) is 11.8 Å². The van der Waals surface area contributed by atoms with Crippen LogP contribution in [0.15, 0.2) is 21.6 Å². The highest BCUT2D eigenvalue weighted by Gasteiger charge is 2.17. The van der Waals surface area contributed by atoms with Crippen molar-refractivity contribution in [3.63, 3.8) is 0 Å². The van der Waals surface area contributed by atoms with E-state index in [-0.39, 0.29) is 6.42 Å². The monoisotopic (exact) mass is 245 g/mol. The maximum Gasteiger partial charge on any atom is 0.320 e. The number of rotatable bonds is 6. The Balaban J connectivity index is 2.33. The zero-order chi connectivity index (χ0) is 12.1. The minimum Gasteiger partial charge on any atom is -0.480 e. The summed E-state index contributed by atoms with van der Waals surface area (Å²) in [5.74, 6) is 0.102. The van der Waals surface area contributed by atoms with E-state index in [1.807, 2.05) is 13.0 Å². The SMILES string of the molecule is Cc1occc1SCC(O)CC(N)C(=O)O. The molecular weight excluding hydrogens is 230 g/mol. The lowest BCUT2D eigenvalue weighted by Gasteiger charge is -2.12. The number of carboxylic acids is 1. The van der Waals surface area contributed by atoms with Gasteiger partial charge in [-0.2, -0.15) is 0 Å². The van der Waals surface area contributed by atoms with E-state index in [0.29, 0.717) is 5.75 Å². The molecule has 6 heteroatoms. The third-order valence-corrected chi connectivity index (χ3v) is 3.37. The second-order valence-electron chi connectivity index (χ2n) is 3.49. The molecule has 0 aliphatic carbocycles. The highest BCUT2D eigenvalue weighted by molar-refractivity contribution is 7.99. The molecule has 0 saturated heterocycles. The molecule has 0 aromatic carbocycles. The average molecular weight is 245 g/mol. The molecular formula is C10H15NO4S. The third-order valence-electron chi connectivity index (χ3n) is 2.09. The van der Waals surface area contributed by atoms with Crippen LogP contribution in [0.2, 0.25) is 0 Å². The van der Waals surface area contributed by atoms with Crippen molar-refractivity contribution in [2.24, 2.45) is 5.73 Å². The van der Waals surface area contributed by atoms with Crippen LogP contribution in [0.1, 0.15) is 12.2 Å². The fraction of sp³-hybridized carbons (Fsp3) is 0.500. The van der Waals surface area contributed by atoms with Gasteiger partial charge in [-0.05, 0) is 19.4 Å². The number of carbonyl (C=O) groups is 1. The molecule has 0 radical (unpaired) electrons. The number of aliphatic hydroxyl groups is 1. The molecule has 1 rings (SSSR count). The molecule has 0 amide bonds. The van der Waals surface area contributed by atoms with Gasteiger partial charge in [-0.25, -0.2) is 0 Å². The molecule has 4 N–H and O–H groups in total. The standard InChI is InChI=1S/C10H15NO4S/c1-6-9(2-3-15-6)16-5-7(12)4-8(11)10(13)14/h2-3,7-8,12H,4-5,11H2,1H3,(H,13,14). The average Bonchev–Trinajstić information content (AvgIpc) is 2.61. The first-order valence-electron chi connectivity index (χ1n) is 4.84. The van der Waals surface area contributed by atoms with Crippen molar-refractivity contribution in [3.8, 4) is 0 Å². The van der Waals surface area contributed by atoms with Crippen LogP contribution in [-0.4, -0.2) is 34.1 Å². The molecule has 16 heavy (non-hydrogen) atoms. The molecule has 90 valence electrons. The Morgan fingerprint density at radius 1 is 1.69 bits per heavy atom. The fourth-order valence-corrected chi connectivity index (χ4v) is 2.08. The van der Waals surface area contributed by atoms with Crippen molar-refractivity contribution in [3.05, 3.63) is 18.1 Å². The van der Waals surface area contributed by atoms with Crippen LogP contribution >= 0.6 is 11.8 Å². The summed E-state index contributed by atoms with van der Waals surface area (Å²) in [6.45, 7) is 1.83. The molecule has 0 fully saturated rings. The number of hydrogen-bond acceptors (Lipinski definition) is 5. The smallest absolute Gasteiger partial charge is 0.320 e. The van der Waals surface area contributed by atoms with Crippen LogP contribution in [0.4, 0.5) is 0 Å². The molecule has 0 saturated carbocycles. The molecule has 1 aromatic rings. The Bertz CT molecular complexity index is 352. The van der Waals surface area contributed by atoms with Gasteiger partial charge in [-0.3, -0.25) is 4.79 Å². The Hall–Kier alpha value is -0.980. The summed E-state index contributed by atoms with van der Waals surface area (Å²) in [4.78, 5) is 11.4. The zero-order valence-corrected chi connectivity index (χ0v) is 9.74. The Labute approximate surface area is 97.6 Å². The van der Waals surface area contributed by atoms with Crippen LogP contribution < -0.4 is 5.73 Å². The lowest BCUT2D eigenvalue weighted by atomic mass is 10.1. The first kappa shape index (κ1) is 13.1. The third kappa shape index (κ3) is 3.88. The maximum atomic E-state index is 10.5. The van der Waals surface area contributed by atoms with E-state index in [4.69, 9.17) is 15.3 Å². The van der Waals surface area contributed by atoms with Crippen LogP contribution in [0.25, 0.3) is 0 Å². The van der Waals surface area contributed by atoms with Crippen molar-refractivity contribution in [1.29, 1.82) is 0 Å². The Kier molecular flexibility index (Phi) is 4.85. The number of aliphatic hydroxyl groups excluding tert-OH is 1. The van der Waals surface area contributed by atoms with Crippen LogP contribution in [0, 0.1) is 6.92 Å². The molecule has 0 aliphatic heterocycles. The number of hydrogen-bond donors (Lipinski definition) is 3. The van der Waals surface area contributed by atoms with Crippen molar-refractivity contribution in [1.82, 2.24) is 0 Å². The maximum absolute atomic E-state index is 10.5. The van der Waals surface area contributed by atoms with E-state index < -0.39 is 18.1 Å². The van der Waals surface area contributed by atoms with Crippen LogP contribution in [-0.2, 0) is 4.79 Å². The van der Waals surface area contributed by atoms with E-state index in [1.165, 1.54) is 11.8 Å². The molecule has 5 nitrogen and oxygen atoms in total. The van der Waals surface area contributed by atoms with Crippen molar-refractivity contribution in [2.45, 2.75) is 30.4 Å². The highest BCUT2D eigenvalue weighted by Crippen LogP contribution is 2.24. The van der Waals surface area contributed by atoms with E-state index in [0.717, 1.165) is 10.7 Å². The molecule has 0 spiro atoms. The minimum absolute atomic E-state index is 0.0548. The second kappa shape index (κ2) is 5.93. The molecule has 2 atom stereocenters. The molecule has 2 unspecified atom stereocenters. The number of thioether (sulfide) groups is 1. The molecule has 1 aromatic heterocycles. The van der Waals surface area contributed by atoms with Gasteiger partial charge in [0.05, 0.1) is 12.4 Å². The van der Waals surface area contributed by atoms with Gasteiger partial charge < -0.3 is 20.4 Å². The Morgan fingerprint density at radius 3 is 2.88 bits per heavy atom. The number of carboxylic acid groups (broad SMARTS) is 1. The topological polar surface area (TPSA) is 96.7 Å². The predicted octanol–water partition coefficient (Wildman–Crippen LogP) is 0.843. The fourth-order valence-electron chi connectivity index (χ4n) is 1.17. The lowest BCUT2D eigenvalue weighted by molar-refractivity contribution is -0.139. The summed E-state index contributed by atoms with van der Waals surface area (Å²) in [6.07, 6.45) is 0.900. The van der Waals surface area contributed by atoms with E-state index in [1.54, 1.807) is 6.26 Å². The summed E-state index contributed by atoms with van der Waals surface area (Å²) < 4.78 is 5.09. The van der Waals surface area contributed by atoms with Crippen molar-refractivity contribution in [2.75, 3.05) is 5.75 Å². The summed E-state index contributed by atoms with van der Waals surface area (Å²) >= 11 is 1.42. The zero-order valence-electron chi connectivity index (χ0n) is 8.92. The van der Waals surface area contributed by atoms with Crippen molar-refractivity contribution >= 4 is 17.7 Å². The van der Waals surface area contributed by atoms with Gasteiger partial charge in [0.2, 0.25) is 0 Å². The first-order chi connectivity index (χ1) is 7.50. The summed E-state index contributed by atoms with van der Waals surface area (Å²) in [6, 6.07) is 0.796. The van der Waals surface area contributed by atoms with E-state index in [9.17, 15) is 9.90 Å². The van der Waals surface area contributed by atoms with E-state index >= 15 is 0 Å². The van der Waals surface area contributed by atoms with Gasteiger partial charge in [0.15, 0.2) is 0 Å². The van der Waals surface area contributed by atoms with E-state index in [2.05, 4.69) is 0 Å². The summed E-state index contributed by atoms with van der Waals surface area (Å²) in [5.41, 5.74) is 5.31. The Morgan fingerprint density at radius 2 is 2.38 bits per heavy atom. The molecule has 0 aliphatic rings. The lowest BCUT2D eigenvalue weighted by Crippen LogP contribution is -2.34. The van der Waals surface area contributed by atoms with Gasteiger partial charge >= 0.3 is 5.97 Å². The second-order valence-corrected chi connectivity index (χ2v) is 4.55. The molecule has 0 bridgehead atoms. The summed E-state index contributed by atoms with van der Waals surface area (Å²) in [5, 5.41) is 18.1. The molecule has 1 heterocycles. The predicted molar refractivity (Wildman–Crippen MR) is 60.4 cm³/mol. The number of aliphatic carboxylic acids is 1. The van der Waals surface area contributed by atoms with Crippen molar-refractivity contribution < 1.29 is 19.4 Å². The minimum atomic E-state index is -1.09. The largest absolute Gasteiger partial charge is 0.480 e. The number of furan rings is 1. The van der Waals surface area contributed by atoms with Gasteiger partial charge in [0, 0.05) is 10.6 Å².